The number of ether oxygens (including phenoxy) is 1. The molecule has 0 bridgehead atoms. The first-order valence-corrected chi connectivity index (χ1v) is 9.74. The number of nitrogens with zero attached hydrogens (tertiary/aromatic N) is 3. The van der Waals surface area contributed by atoms with Gasteiger partial charge < -0.3 is 15.0 Å². The molecule has 2 aromatic rings. The Labute approximate surface area is 155 Å². The Kier molecular flexibility index (Phi) is 6.43. The molecule has 2 heterocycles. The Morgan fingerprint density at radius 3 is 2.84 bits per heavy atom. The van der Waals surface area contributed by atoms with Crippen molar-refractivity contribution >= 4 is 34.1 Å². The van der Waals surface area contributed by atoms with Crippen molar-refractivity contribution in [1.82, 2.24) is 15.1 Å². The number of aromatic nitrogens is 2. The molecule has 0 aliphatic carbocycles. The van der Waals surface area contributed by atoms with Gasteiger partial charge in [0.15, 0.2) is 4.34 Å². The van der Waals surface area contributed by atoms with Crippen LogP contribution in [0, 0.1) is 0 Å². The highest BCUT2D eigenvalue weighted by Crippen LogP contribution is 2.39. The molecule has 8 heteroatoms. The summed E-state index contributed by atoms with van der Waals surface area (Å²) in [5.41, 5.74) is 0.972. The van der Waals surface area contributed by atoms with Gasteiger partial charge in [0.2, 0.25) is 11.0 Å². The van der Waals surface area contributed by atoms with Crippen molar-refractivity contribution in [3.8, 4) is 0 Å². The zero-order chi connectivity index (χ0) is 17.5. The molecule has 1 aromatic heterocycles. The molecule has 0 spiro atoms. The molecule has 25 heavy (non-hydrogen) atoms. The molecule has 1 atom stereocenters. The third kappa shape index (κ3) is 4.81. The fraction of sp³-hybridized carbons (Fsp3) is 0.353. The van der Waals surface area contributed by atoms with E-state index in [2.05, 4.69) is 22.1 Å². The predicted octanol–water partition coefficient (Wildman–Crippen LogP) is 2.83. The van der Waals surface area contributed by atoms with Gasteiger partial charge in [0.05, 0.1) is 13.2 Å². The van der Waals surface area contributed by atoms with Crippen LogP contribution in [0.15, 0.2) is 47.3 Å². The van der Waals surface area contributed by atoms with Gasteiger partial charge in [0.25, 0.3) is 0 Å². The third-order valence-electron chi connectivity index (χ3n) is 3.67. The molecule has 1 saturated heterocycles. The lowest BCUT2D eigenvalue weighted by Gasteiger charge is -2.30. The van der Waals surface area contributed by atoms with Gasteiger partial charge in [-0.25, -0.2) is 0 Å². The molecule has 0 radical (unpaired) electrons. The molecule has 1 aromatic carbocycles. The predicted molar refractivity (Wildman–Crippen MR) is 101 cm³/mol. The Hall–Kier alpha value is -1.90. The summed E-state index contributed by atoms with van der Waals surface area (Å²) in [6, 6.07) is 9.81. The van der Waals surface area contributed by atoms with Crippen LogP contribution in [0.5, 0.6) is 0 Å². The van der Waals surface area contributed by atoms with E-state index in [9.17, 15) is 4.79 Å². The maximum absolute atomic E-state index is 13.1. The highest BCUT2D eigenvalue weighted by Gasteiger charge is 2.29. The van der Waals surface area contributed by atoms with Gasteiger partial charge in [-0.05, 0) is 5.56 Å². The minimum Gasteiger partial charge on any atom is -0.378 e. The summed E-state index contributed by atoms with van der Waals surface area (Å²) < 4.78 is 6.12. The van der Waals surface area contributed by atoms with Crippen LogP contribution in [-0.2, 0) is 9.53 Å². The monoisotopic (exact) mass is 376 g/mol. The van der Waals surface area contributed by atoms with Gasteiger partial charge in [-0.1, -0.05) is 59.5 Å². The Balaban J connectivity index is 1.77. The van der Waals surface area contributed by atoms with E-state index < -0.39 is 0 Å². The first-order chi connectivity index (χ1) is 12.3. The van der Waals surface area contributed by atoms with Gasteiger partial charge in [0, 0.05) is 19.6 Å². The normalized spacial score (nSPS) is 15.6. The molecule has 1 fully saturated rings. The fourth-order valence-electron chi connectivity index (χ4n) is 2.43. The van der Waals surface area contributed by atoms with Gasteiger partial charge in [-0.3, -0.25) is 4.79 Å². The number of benzene rings is 1. The molecule has 1 aliphatic rings. The molecule has 3 rings (SSSR count). The molecule has 1 amide bonds. The SMILES string of the molecule is C=CCNc1nnc(S[C@H](C(=O)N2CCOCC2)c2ccccc2)s1. The molecule has 1 aliphatic heterocycles. The number of anilines is 1. The Bertz CT molecular complexity index is 702. The Morgan fingerprint density at radius 2 is 2.12 bits per heavy atom. The lowest BCUT2D eigenvalue weighted by molar-refractivity contribution is -0.134. The van der Waals surface area contributed by atoms with Crippen LogP contribution in [0.4, 0.5) is 5.13 Å². The molecular formula is C17H20N4O2S2. The molecule has 0 unspecified atom stereocenters. The number of rotatable bonds is 7. The fourth-order valence-corrected chi connectivity index (χ4v) is 4.46. The number of hydrogen-bond acceptors (Lipinski definition) is 7. The smallest absolute Gasteiger partial charge is 0.240 e. The van der Waals surface area contributed by atoms with Crippen LogP contribution in [-0.4, -0.2) is 53.9 Å². The van der Waals surface area contributed by atoms with Crippen LogP contribution in [0.1, 0.15) is 10.8 Å². The standard InChI is InChI=1S/C17H20N4O2S2/c1-2-8-18-16-19-20-17(25-16)24-14(13-6-4-3-5-7-13)15(22)21-9-11-23-12-10-21/h2-7,14H,1,8-12H2,(H,18,19)/t14-/m0/s1. The summed E-state index contributed by atoms with van der Waals surface area (Å²) in [4.78, 5) is 14.9. The van der Waals surface area contributed by atoms with Crippen LogP contribution in [0.25, 0.3) is 0 Å². The first kappa shape index (κ1) is 17.9. The van der Waals surface area contributed by atoms with Crippen molar-refractivity contribution in [2.24, 2.45) is 0 Å². The zero-order valence-electron chi connectivity index (χ0n) is 13.8. The van der Waals surface area contributed by atoms with Gasteiger partial charge in [-0.15, -0.1) is 16.8 Å². The van der Waals surface area contributed by atoms with Crippen molar-refractivity contribution in [3.63, 3.8) is 0 Å². The number of carbonyl (C=O) groups is 1. The van der Waals surface area contributed by atoms with E-state index in [1.165, 1.54) is 23.1 Å². The third-order valence-corrected chi connectivity index (χ3v) is 5.88. The van der Waals surface area contributed by atoms with Gasteiger partial charge in [-0.2, -0.15) is 0 Å². The molecule has 6 nitrogen and oxygen atoms in total. The largest absolute Gasteiger partial charge is 0.378 e. The summed E-state index contributed by atoms with van der Waals surface area (Å²) in [5.74, 6) is 0.0929. The molecular weight excluding hydrogens is 356 g/mol. The van der Waals surface area contributed by atoms with Crippen molar-refractivity contribution in [2.45, 2.75) is 9.59 Å². The number of amides is 1. The second kappa shape index (κ2) is 8.98. The summed E-state index contributed by atoms with van der Waals surface area (Å²) in [6.07, 6.45) is 1.77. The second-order valence-electron chi connectivity index (χ2n) is 5.39. The summed E-state index contributed by atoms with van der Waals surface area (Å²) in [5, 5.41) is 11.8. The van der Waals surface area contributed by atoms with Crippen molar-refractivity contribution in [2.75, 3.05) is 38.2 Å². The number of carbonyl (C=O) groups excluding carboxylic acids is 1. The lowest BCUT2D eigenvalue weighted by Crippen LogP contribution is -2.42. The molecule has 132 valence electrons. The minimum absolute atomic E-state index is 0.0929. The van der Waals surface area contributed by atoms with E-state index in [1.54, 1.807) is 6.08 Å². The lowest BCUT2D eigenvalue weighted by atomic mass is 10.1. The van der Waals surface area contributed by atoms with Crippen molar-refractivity contribution < 1.29 is 9.53 Å². The van der Waals surface area contributed by atoms with E-state index in [1.807, 2.05) is 35.2 Å². The highest BCUT2D eigenvalue weighted by atomic mass is 32.2. The summed E-state index contributed by atoms with van der Waals surface area (Å²) in [6.45, 7) is 6.75. The van der Waals surface area contributed by atoms with E-state index >= 15 is 0 Å². The number of morpholine rings is 1. The van der Waals surface area contributed by atoms with E-state index in [-0.39, 0.29) is 11.2 Å². The number of thioether (sulfide) groups is 1. The van der Waals surface area contributed by atoms with Crippen molar-refractivity contribution in [1.29, 1.82) is 0 Å². The van der Waals surface area contributed by atoms with Crippen LogP contribution in [0.2, 0.25) is 0 Å². The van der Waals surface area contributed by atoms with E-state index in [0.29, 0.717) is 32.8 Å². The molecule has 1 N–H and O–H groups in total. The average molecular weight is 377 g/mol. The maximum Gasteiger partial charge on any atom is 0.240 e. The zero-order valence-corrected chi connectivity index (χ0v) is 15.4. The molecule has 0 saturated carbocycles. The number of hydrogen-bond donors (Lipinski definition) is 1. The average Bonchev–Trinajstić information content (AvgIpc) is 3.13. The van der Waals surface area contributed by atoms with Crippen LogP contribution < -0.4 is 5.32 Å². The topological polar surface area (TPSA) is 67.4 Å². The minimum atomic E-state index is -0.334. The van der Waals surface area contributed by atoms with E-state index in [4.69, 9.17) is 4.74 Å². The van der Waals surface area contributed by atoms with Crippen molar-refractivity contribution in [3.05, 3.63) is 48.6 Å². The van der Waals surface area contributed by atoms with Gasteiger partial charge >= 0.3 is 0 Å². The van der Waals surface area contributed by atoms with Crippen LogP contribution in [0.3, 0.4) is 0 Å². The first-order valence-electron chi connectivity index (χ1n) is 8.04. The summed E-state index contributed by atoms with van der Waals surface area (Å²) in [7, 11) is 0. The Morgan fingerprint density at radius 1 is 1.36 bits per heavy atom. The van der Waals surface area contributed by atoms with Gasteiger partial charge in [0.1, 0.15) is 5.25 Å². The van der Waals surface area contributed by atoms with E-state index in [0.717, 1.165) is 15.0 Å². The second-order valence-corrected chi connectivity index (χ2v) is 7.72. The highest BCUT2D eigenvalue weighted by molar-refractivity contribution is 8.01. The van der Waals surface area contributed by atoms with Crippen LogP contribution >= 0.6 is 23.1 Å². The summed E-state index contributed by atoms with van der Waals surface area (Å²) >= 11 is 2.89. The quantitative estimate of drug-likeness (QED) is 0.592. The number of nitrogens with one attached hydrogen (secondary N) is 1. The maximum atomic E-state index is 13.1.